The number of nitrogens with zero attached hydrogens (tertiary/aromatic N) is 8. The van der Waals surface area contributed by atoms with Gasteiger partial charge in [-0.25, -0.2) is 9.97 Å². The van der Waals surface area contributed by atoms with Gasteiger partial charge in [-0.15, -0.1) is 5.10 Å². The van der Waals surface area contributed by atoms with Crippen molar-refractivity contribution in [1.29, 1.82) is 0 Å². The lowest BCUT2D eigenvalue weighted by molar-refractivity contribution is -0.137. The number of aromatic nitrogens is 6. The van der Waals surface area contributed by atoms with Crippen LogP contribution in [-0.4, -0.2) is 89.3 Å². The molecule has 2 aliphatic rings. The van der Waals surface area contributed by atoms with Crippen LogP contribution in [0.4, 0.5) is 24.5 Å². The van der Waals surface area contributed by atoms with Gasteiger partial charge in [0.25, 0.3) is 11.5 Å². The van der Waals surface area contributed by atoms with Crippen LogP contribution in [0.25, 0.3) is 11.4 Å². The highest BCUT2D eigenvalue weighted by Crippen LogP contribution is 2.34. The van der Waals surface area contributed by atoms with E-state index in [1.54, 1.807) is 16.4 Å². The smallest absolute Gasteiger partial charge is 0.416 e. The van der Waals surface area contributed by atoms with Gasteiger partial charge in [-0.1, -0.05) is 24.6 Å². The number of aryl methyl sites for hydroxylation is 1. The minimum absolute atomic E-state index is 0.0207. The summed E-state index contributed by atoms with van der Waals surface area (Å²) >= 11 is 6.13. The van der Waals surface area contributed by atoms with E-state index in [2.05, 4.69) is 25.4 Å². The lowest BCUT2D eigenvalue weighted by Gasteiger charge is -2.46. The lowest BCUT2D eigenvalue weighted by atomic mass is 10.0. The zero-order valence-corrected chi connectivity index (χ0v) is 28.9. The highest BCUT2D eigenvalue weighted by atomic mass is 35.5. The molecule has 1 fully saturated rings. The summed E-state index contributed by atoms with van der Waals surface area (Å²) in [6.45, 7) is 7.88. The van der Waals surface area contributed by atoms with E-state index in [1.165, 1.54) is 6.33 Å². The second-order valence-corrected chi connectivity index (χ2v) is 12.7. The van der Waals surface area contributed by atoms with Crippen LogP contribution in [0.5, 0.6) is 5.75 Å². The molecule has 4 aromatic rings. The number of aromatic hydroxyl groups is 1. The molecule has 18 heteroatoms. The van der Waals surface area contributed by atoms with Gasteiger partial charge in [0.15, 0.2) is 17.3 Å². The summed E-state index contributed by atoms with van der Waals surface area (Å²) < 4.78 is 47.8. The molecule has 51 heavy (non-hydrogen) atoms. The van der Waals surface area contributed by atoms with Crippen molar-refractivity contribution in [2.24, 2.45) is 0 Å². The maximum Gasteiger partial charge on any atom is 0.416 e. The highest BCUT2D eigenvalue weighted by molar-refractivity contribution is 6.33. The van der Waals surface area contributed by atoms with Gasteiger partial charge in [0, 0.05) is 25.2 Å². The SMILES string of the molecule is CCc1c(N2CCN(C(=O)c3ncnc(C)c3O)[C@@H](C)[C@@H]2C)c(=O)n2nc(C3=CCOCC3)nc2n1CC(=O)Nc1ccc(C(F)(F)F)cc1Cl. The Hall–Kier alpha value is -5.03. The number of rotatable bonds is 7. The molecule has 2 amide bonds. The second-order valence-electron chi connectivity index (χ2n) is 12.3. The van der Waals surface area contributed by atoms with Crippen LogP contribution in [0, 0.1) is 6.92 Å². The van der Waals surface area contributed by atoms with E-state index in [0.29, 0.717) is 31.2 Å². The van der Waals surface area contributed by atoms with Gasteiger partial charge in [0.1, 0.15) is 18.6 Å². The molecular weight excluding hydrogens is 695 g/mol. The van der Waals surface area contributed by atoms with Crippen LogP contribution in [-0.2, 0) is 28.7 Å². The summed E-state index contributed by atoms with van der Waals surface area (Å²) in [5.74, 6) is -1.02. The predicted molar refractivity (Wildman–Crippen MR) is 181 cm³/mol. The summed E-state index contributed by atoms with van der Waals surface area (Å²) in [5, 5.41) is 17.4. The number of fused-ring (bicyclic) bond motifs is 1. The third kappa shape index (κ3) is 6.74. The highest BCUT2D eigenvalue weighted by Gasteiger charge is 2.38. The Morgan fingerprint density at radius 3 is 2.59 bits per heavy atom. The van der Waals surface area contributed by atoms with Crippen molar-refractivity contribution in [2.75, 3.05) is 36.5 Å². The fourth-order valence-electron chi connectivity index (χ4n) is 6.40. The van der Waals surface area contributed by atoms with Gasteiger partial charge in [0.05, 0.1) is 40.9 Å². The molecule has 0 radical (unpaired) electrons. The number of nitrogens with one attached hydrogen (secondary N) is 1. The Balaban J connectivity index is 1.40. The molecule has 2 N–H and O–H groups in total. The lowest BCUT2D eigenvalue weighted by Crippen LogP contribution is -2.60. The first-order chi connectivity index (χ1) is 24.2. The molecule has 0 bridgehead atoms. The third-order valence-electron chi connectivity index (χ3n) is 9.30. The molecule has 0 unspecified atom stereocenters. The zero-order valence-electron chi connectivity index (χ0n) is 28.2. The Morgan fingerprint density at radius 2 is 1.92 bits per heavy atom. The summed E-state index contributed by atoms with van der Waals surface area (Å²) in [4.78, 5) is 57.6. The van der Waals surface area contributed by atoms with Crippen molar-refractivity contribution in [3.63, 3.8) is 0 Å². The molecule has 14 nitrogen and oxygen atoms in total. The zero-order chi connectivity index (χ0) is 36.8. The van der Waals surface area contributed by atoms with Crippen molar-refractivity contribution < 1.29 is 32.6 Å². The fourth-order valence-corrected chi connectivity index (χ4v) is 6.63. The van der Waals surface area contributed by atoms with Crippen LogP contribution in [0.3, 0.4) is 0 Å². The van der Waals surface area contributed by atoms with Crippen molar-refractivity contribution >= 4 is 46.1 Å². The van der Waals surface area contributed by atoms with Gasteiger partial charge in [-0.05, 0) is 57.4 Å². The summed E-state index contributed by atoms with van der Waals surface area (Å²) in [5.41, 5.74) is 0.185. The van der Waals surface area contributed by atoms with Gasteiger partial charge in [0.2, 0.25) is 11.7 Å². The molecule has 270 valence electrons. The van der Waals surface area contributed by atoms with Gasteiger partial charge < -0.3 is 29.5 Å². The largest absolute Gasteiger partial charge is 0.504 e. The van der Waals surface area contributed by atoms with Gasteiger partial charge in [-0.3, -0.25) is 14.4 Å². The molecule has 0 spiro atoms. The number of anilines is 2. The number of ether oxygens (including phenoxy) is 1. The van der Waals surface area contributed by atoms with E-state index in [-0.39, 0.29) is 65.4 Å². The van der Waals surface area contributed by atoms with E-state index in [4.69, 9.17) is 16.3 Å². The molecule has 3 aromatic heterocycles. The number of alkyl halides is 3. The molecule has 2 aliphatic heterocycles. The van der Waals surface area contributed by atoms with Crippen molar-refractivity contribution in [3.05, 3.63) is 74.4 Å². The van der Waals surface area contributed by atoms with Crippen LogP contribution in [0.2, 0.25) is 5.02 Å². The third-order valence-corrected chi connectivity index (χ3v) is 9.62. The van der Waals surface area contributed by atoms with E-state index in [9.17, 15) is 32.7 Å². The first kappa shape index (κ1) is 35.8. The molecule has 0 saturated carbocycles. The van der Waals surface area contributed by atoms with Crippen molar-refractivity contribution in [3.8, 4) is 5.75 Å². The predicted octanol–water partition coefficient (Wildman–Crippen LogP) is 4.11. The average Bonchev–Trinajstić information content (AvgIpc) is 3.55. The van der Waals surface area contributed by atoms with Crippen LogP contribution < -0.4 is 15.8 Å². The van der Waals surface area contributed by atoms with Crippen LogP contribution in [0.15, 0.2) is 35.4 Å². The monoisotopic (exact) mass is 729 g/mol. The van der Waals surface area contributed by atoms with Gasteiger partial charge in [-0.2, -0.15) is 22.7 Å². The molecular formula is C33H35ClF3N9O5. The van der Waals surface area contributed by atoms with Gasteiger partial charge >= 0.3 is 6.18 Å². The molecule has 2 atom stereocenters. The second kappa shape index (κ2) is 13.9. The minimum atomic E-state index is -4.62. The summed E-state index contributed by atoms with van der Waals surface area (Å²) in [6.07, 6.45) is -0.789. The Labute approximate surface area is 294 Å². The Bertz CT molecular complexity index is 2120. The number of amides is 2. The normalized spacial score (nSPS) is 18.2. The number of halogens is 4. The maximum absolute atomic E-state index is 14.4. The first-order valence-corrected chi connectivity index (χ1v) is 16.6. The first-order valence-electron chi connectivity index (χ1n) is 16.3. The van der Waals surface area contributed by atoms with E-state index >= 15 is 0 Å². The molecule has 6 rings (SSSR count). The Kier molecular flexibility index (Phi) is 9.78. The minimum Gasteiger partial charge on any atom is -0.504 e. The quantitative estimate of drug-likeness (QED) is 0.284. The number of carbonyl (C=O) groups is 2. The van der Waals surface area contributed by atoms with Crippen LogP contribution >= 0.6 is 11.6 Å². The van der Waals surface area contributed by atoms with Crippen LogP contribution in [0.1, 0.15) is 60.5 Å². The number of carbonyl (C=O) groups excluding carboxylic acids is 2. The van der Waals surface area contributed by atoms with E-state index < -0.39 is 41.2 Å². The number of hydrogen-bond acceptors (Lipinski definition) is 10. The number of benzene rings is 1. The molecule has 1 aromatic carbocycles. The Morgan fingerprint density at radius 1 is 1.16 bits per heavy atom. The number of piperazine rings is 1. The van der Waals surface area contributed by atoms with E-state index in [0.717, 1.165) is 28.3 Å². The standard InChI is InChI=1S/C33H35ClF3N9O5/c1-5-24-27(43-10-11-44(19(4)18(43)3)30(49)26-28(48)17(2)38-16-39-26)31(50)46-32(41-29(42-46)20-8-12-51-13-9-20)45(24)15-25(47)40-23-7-6-21(14-22(23)34)33(35,36)37/h6-8,14,16,18-19,48H,5,9-13,15H2,1-4H3,(H,40,47)/t18-,19-/m0/s1. The average molecular weight is 730 g/mol. The molecule has 0 aliphatic carbocycles. The van der Waals surface area contributed by atoms with E-state index in [1.807, 2.05) is 31.7 Å². The number of hydrogen-bond donors (Lipinski definition) is 2. The summed E-state index contributed by atoms with van der Waals surface area (Å²) in [6, 6.07) is 1.74. The molecule has 1 saturated heterocycles. The summed E-state index contributed by atoms with van der Waals surface area (Å²) in [7, 11) is 0. The van der Waals surface area contributed by atoms with Crippen molar-refractivity contribution in [1.82, 2.24) is 34.0 Å². The topological polar surface area (TPSA) is 160 Å². The maximum atomic E-state index is 14.4. The molecule has 5 heterocycles. The van der Waals surface area contributed by atoms with Crippen molar-refractivity contribution in [2.45, 2.75) is 65.3 Å². The fraction of sp³-hybridized carbons (Fsp3) is 0.424.